The number of benzene rings is 2. The number of aromatic nitrogens is 2. The quantitative estimate of drug-likeness (QED) is 0.787. The molecule has 2 aromatic carbocycles. The van der Waals surface area contributed by atoms with Gasteiger partial charge in [-0.2, -0.15) is 0 Å². The van der Waals surface area contributed by atoms with E-state index in [1.165, 1.54) is 0 Å². The molecule has 0 atom stereocenters. The van der Waals surface area contributed by atoms with Gasteiger partial charge < -0.3 is 5.32 Å². The molecular weight excluding hydrogens is 288 g/mol. The Hall–Kier alpha value is -2.95. The Bertz CT molecular complexity index is 944. The molecule has 5 nitrogen and oxygen atoms in total. The fourth-order valence-electron chi connectivity index (χ4n) is 2.81. The Kier molecular flexibility index (Phi) is 3.38. The van der Waals surface area contributed by atoms with E-state index in [1.54, 1.807) is 4.57 Å². The molecule has 0 fully saturated rings. The van der Waals surface area contributed by atoms with Crippen LogP contribution in [0.1, 0.15) is 11.4 Å². The second kappa shape index (κ2) is 5.68. The number of rotatable bonds is 2. The lowest BCUT2D eigenvalue weighted by molar-refractivity contribution is 0.637. The Morgan fingerprint density at radius 3 is 2.70 bits per heavy atom. The van der Waals surface area contributed by atoms with Crippen LogP contribution in [0.15, 0.2) is 64.4 Å². The smallest absolute Gasteiger partial charge is 0.261 e. The van der Waals surface area contributed by atoms with Crippen molar-refractivity contribution in [3.05, 3.63) is 76.3 Å². The molecule has 114 valence electrons. The molecule has 1 aliphatic rings. The molecule has 3 aromatic rings. The van der Waals surface area contributed by atoms with Gasteiger partial charge in [0, 0.05) is 13.1 Å². The number of amidine groups is 1. The molecule has 0 radical (unpaired) electrons. The standard InChI is InChI=1S/C18H16N4O/c23-18-14-8-4-5-9-15(14)21-17-16(19-10-11-22(17)18)20-12-13-6-2-1-3-7-13/h1-9H,10-12H2,(H,19,20). The van der Waals surface area contributed by atoms with Gasteiger partial charge in [0.05, 0.1) is 17.4 Å². The first kappa shape index (κ1) is 13.7. The molecule has 0 aliphatic carbocycles. The first-order valence-corrected chi connectivity index (χ1v) is 7.65. The highest BCUT2D eigenvalue weighted by Gasteiger charge is 2.18. The number of hydrogen-bond acceptors (Lipinski definition) is 4. The van der Waals surface area contributed by atoms with E-state index in [0.717, 1.165) is 5.56 Å². The van der Waals surface area contributed by atoms with Gasteiger partial charge in [0.15, 0.2) is 11.7 Å². The van der Waals surface area contributed by atoms with E-state index in [-0.39, 0.29) is 5.56 Å². The van der Waals surface area contributed by atoms with Gasteiger partial charge in [-0.1, -0.05) is 42.5 Å². The van der Waals surface area contributed by atoms with Crippen LogP contribution in [0.25, 0.3) is 10.9 Å². The molecule has 4 rings (SSSR count). The van der Waals surface area contributed by atoms with Crippen LogP contribution in [0.5, 0.6) is 0 Å². The molecule has 0 amide bonds. The van der Waals surface area contributed by atoms with Gasteiger partial charge in [-0.3, -0.25) is 14.4 Å². The van der Waals surface area contributed by atoms with E-state index in [9.17, 15) is 4.79 Å². The highest BCUT2D eigenvalue weighted by molar-refractivity contribution is 5.97. The van der Waals surface area contributed by atoms with Crippen molar-refractivity contribution in [2.24, 2.45) is 4.99 Å². The summed E-state index contributed by atoms with van der Waals surface area (Å²) in [5, 5.41) is 3.97. The number of nitrogens with zero attached hydrogens (tertiary/aromatic N) is 3. The first-order chi connectivity index (χ1) is 11.3. The van der Waals surface area contributed by atoms with Crippen LogP contribution in [0.2, 0.25) is 0 Å². The third kappa shape index (κ3) is 2.50. The molecule has 0 spiro atoms. The molecule has 1 aromatic heterocycles. The average Bonchev–Trinajstić information content (AvgIpc) is 2.61. The fourth-order valence-corrected chi connectivity index (χ4v) is 2.81. The summed E-state index contributed by atoms with van der Waals surface area (Å²) in [6.45, 7) is 1.81. The van der Waals surface area contributed by atoms with Crippen molar-refractivity contribution in [2.45, 2.75) is 13.1 Å². The Morgan fingerprint density at radius 1 is 1.04 bits per heavy atom. The molecular formula is C18H16N4O. The second-order valence-electron chi connectivity index (χ2n) is 5.48. The molecule has 5 heteroatoms. The minimum Gasteiger partial charge on any atom is -0.363 e. The van der Waals surface area contributed by atoms with Gasteiger partial charge in [-0.25, -0.2) is 4.98 Å². The highest BCUT2D eigenvalue weighted by atomic mass is 16.1. The van der Waals surface area contributed by atoms with E-state index >= 15 is 0 Å². The minimum absolute atomic E-state index is 0.000453. The molecule has 1 aliphatic heterocycles. The summed E-state index contributed by atoms with van der Waals surface area (Å²) in [7, 11) is 0. The van der Waals surface area contributed by atoms with E-state index in [1.807, 2.05) is 42.5 Å². The normalized spacial score (nSPS) is 13.5. The van der Waals surface area contributed by atoms with Crippen molar-refractivity contribution in [1.82, 2.24) is 14.9 Å². The summed E-state index contributed by atoms with van der Waals surface area (Å²) in [6.07, 6.45) is 0. The average molecular weight is 304 g/mol. The minimum atomic E-state index is -0.000453. The number of fused-ring (bicyclic) bond motifs is 2. The van der Waals surface area contributed by atoms with Crippen molar-refractivity contribution in [3.63, 3.8) is 0 Å². The van der Waals surface area contributed by atoms with Crippen LogP contribution in [-0.4, -0.2) is 21.9 Å². The van der Waals surface area contributed by atoms with E-state index in [0.29, 0.717) is 42.2 Å². The van der Waals surface area contributed by atoms with Gasteiger partial charge in [0.1, 0.15) is 0 Å². The van der Waals surface area contributed by atoms with Crippen LogP contribution in [0.3, 0.4) is 0 Å². The number of aliphatic imine (C=N–C) groups is 1. The van der Waals surface area contributed by atoms with E-state index in [4.69, 9.17) is 0 Å². The van der Waals surface area contributed by atoms with Crippen molar-refractivity contribution in [1.29, 1.82) is 0 Å². The van der Waals surface area contributed by atoms with Gasteiger partial charge in [-0.05, 0) is 17.7 Å². The van der Waals surface area contributed by atoms with Gasteiger partial charge in [-0.15, -0.1) is 0 Å². The zero-order valence-corrected chi connectivity index (χ0v) is 12.6. The molecule has 0 saturated carbocycles. The first-order valence-electron chi connectivity index (χ1n) is 7.65. The lowest BCUT2D eigenvalue weighted by atomic mass is 10.2. The van der Waals surface area contributed by atoms with Crippen molar-refractivity contribution >= 4 is 16.7 Å². The number of para-hydroxylation sites is 1. The summed E-state index contributed by atoms with van der Waals surface area (Å²) in [5.74, 6) is 1.30. The largest absolute Gasteiger partial charge is 0.363 e. The predicted molar refractivity (Wildman–Crippen MR) is 90.7 cm³/mol. The Balaban J connectivity index is 1.72. The molecule has 23 heavy (non-hydrogen) atoms. The van der Waals surface area contributed by atoms with E-state index < -0.39 is 0 Å². The number of nitrogens with one attached hydrogen (secondary N) is 1. The predicted octanol–water partition coefficient (Wildman–Crippen LogP) is 1.95. The highest BCUT2D eigenvalue weighted by Crippen LogP contribution is 2.11. The third-order valence-electron chi connectivity index (χ3n) is 3.97. The third-order valence-corrected chi connectivity index (χ3v) is 3.97. The van der Waals surface area contributed by atoms with Crippen molar-refractivity contribution in [3.8, 4) is 0 Å². The molecule has 0 unspecified atom stereocenters. The molecule has 1 N–H and O–H groups in total. The lowest BCUT2D eigenvalue weighted by Crippen LogP contribution is -2.38. The van der Waals surface area contributed by atoms with Crippen LogP contribution < -0.4 is 10.9 Å². The van der Waals surface area contributed by atoms with Gasteiger partial charge in [0.25, 0.3) is 5.56 Å². The molecule has 0 saturated heterocycles. The Labute approximate surface area is 133 Å². The lowest BCUT2D eigenvalue weighted by Gasteiger charge is -2.19. The maximum absolute atomic E-state index is 12.6. The fraction of sp³-hybridized carbons (Fsp3) is 0.167. The zero-order valence-electron chi connectivity index (χ0n) is 12.6. The van der Waals surface area contributed by atoms with Crippen LogP contribution in [0, 0.1) is 0 Å². The molecule has 0 bridgehead atoms. The van der Waals surface area contributed by atoms with Crippen LogP contribution in [0.4, 0.5) is 0 Å². The summed E-state index contributed by atoms with van der Waals surface area (Å²) in [5.41, 5.74) is 1.87. The zero-order chi connectivity index (χ0) is 15.6. The SMILES string of the molecule is O=c1c2ccccc2nc2n1CCN=C2NCc1ccccc1. The van der Waals surface area contributed by atoms with Crippen molar-refractivity contribution in [2.75, 3.05) is 6.54 Å². The monoisotopic (exact) mass is 304 g/mol. The van der Waals surface area contributed by atoms with Crippen LogP contribution >= 0.6 is 0 Å². The van der Waals surface area contributed by atoms with Crippen molar-refractivity contribution < 1.29 is 0 Å². The Morgan fingerprint density at radius 2 is 1.83 bits per heavy atom. The second-order valence-corrected chi connectivity index (χ2v) is 5.48. The van der Waals surface area contributed by atoms with Gasteiger partial charge in [0.2, 0.25) is 0 Å². The number of hydrogen-bond donors (Lipinski definition) is 1. The topological polar surface area (TPSA) is 59.3 Å². The van der Waals surface area contributed by atoms with Gasteiger partial charge >= 0.3 is 0 Å². The summed E-state index contributed by atoms with van der Waals surface area (Å²) in [4.78, 5) is 21.8. The summed E-state index contributed by atoms with van der Waals surface area (Å²) in [6, 6.07) is 17.5. The maximum atomic E-state index is 12.6. The summed E-state index contributed by atoms with van der Waals surface area (Å²) >= 11 is 0. The summed E-state index contributed by atoms with van der Waals surface area (Å²) < 4.78 is 1.71. The van der Waals surface area contributed by atoms with E-state index in [2.05, 4.69) is 27.4 Å². The maximum Gasteiger partial charge on any atom is 0.261 e. The van der Waals surface area contributed by atoms with Crippen LogP contribution in [-0.2, 0) is 13.1 Å². The molecule has 2 heterocycles.